The highest BCUT2D eigenvalue weighted by Gasteiger charge is 2.08. The van der Waals surface area contributed by atoms with Gasteiger partial charge in [-0.25, -0.2) is 9.97 Å². The summed E-state index contributed by atoms with van der Waals surface area (Å²) in [5.41, 5.74) is 2.02. The van der Waals surface area contributed by atoms with Crippen molar-refractivity contribution in [1.29, 1.82) is 0 Å². The number of hydrogen-bond donors (Lipinski definition) is 2. The van der Waals surface area contributed by atoms with E-state index < -0.39 is 0 Å². The average Bonchev–Trinajstić information content (AvgIpc) is 3.13. The van der Waals surface area contributed by atoms with Crippen LogP contribution in [-0.2, 0) is 6.42 Å². The molecular formula is C15H13N5S. The van der Waals surface area contributed by atoms with Gasteiger partial charge in [0, 0.05) is 16.0 Å². The number of aromatic nitrogens is 4. The van der Waals surface area contributed by atoms with Crippen molar-refractivity contribution in [2.45, 2.75) is 13.3 Å². The Bertz CT molecular complexity index is 924. The molecule has 0 aliphatic rings. The lowest BCUT2D eigenvalue weighted by Gasteiger charge is -2.06. The first-order valence-corrected chi connectivity index (χ1v) is 7.58. The molecule has 3 aromatic heterocycles. The van der Waals surface area contributed by atoms with Gasteiger partial charge >= 0.3 is 0 Å². The normalized spacial score (nSPS) is 11.3. The molecule has 21 heavy (non-hydrogen) atoms. The SMILES string of the molecule is CCc1cc2c(Nc3ccc4[nH]ncc4c3)ncnc2s1. The van der Waals surface area contributed by atoms with E-state index in [2.05, 4.69) is 44.5 Å². The molecule has 4 rings (SSSR count). The van der Waals surface area contributed by atoms with Gasteiger partial charge in [0.05, 0.1) is 17.1 Å². The van der Waals surface area contributed by atoms with E-state index in [1.54, 1.807) is 17.7 Å². The lowest BCUT2D eigenvalue weighted by atomic mass is 10.2. The zero-order valence-corrected chi connectivity index (χ0v) is 12.2. The molecule has 0 aliphatic carbocycles. The Hall–Kier alpha value is -2.47. The Morgan fingerprint density at radius 1 is 1.24 bits per heavy atom. The lowest BCUT2D eigenvalue weighted by Crippen LogP contribution is -1.94. The first-order chi connectivity index (χ1) is 10.3. The van der Waals surface area contributed by atoms with Gasteiger partial charge < -0.3 is 5.32 Å². The lowest BCUT2D eigenvalue weighted by molar-refractivity contribution is 1.12. The van der Waals surface area contributed by atoms with Gasteiger partial charge in [-0.3, -0.25) is 5.10 Å². The molecule has 0 bridgehead atoms. The number of benzene rings is 1. The summed E-state index contributed by atoms with van der Waals surface area (Å²) >= 11 is 1.72. The molecule has 0 radical (unpaired) electrons. The van der Waals surface area contributed by atoms with E-state index in [9.17, 15) is 0 Å². The third kappa shape index (κ3) is 2.13. The van der Waals surface area contributed by atoms with Gasteiger partial charge in [-0.05, 0) is 30.7 Å². The third-order valence-electron chi connectivity index (χ3n) is 3.43. The fraction of sp³-hybridized carbons (Fsp3) is 0.133. The molecule has 0 amide bonds. The molecule has 0 saturated heterocycles. The zero-order valence-electron chi connectivity index (χ0n) is 11.4. The molecule has 3 heterocycles. The highest BCUT2D eigenvalue weighted by molar-refractivity contribution is 7.18. The van der Waals surface area contributed by atoms with Crippen LogP contribution >= 0.6 is 11.3 Å². The molecular weight excluding hydrogens is 282 g/mol. The summed E-state index contributed by atoms with van der Waals surface area (Å²) in [6.45, 7) is 2.15. The maximum atomic E-state index is 4.38. The summed E-state index contributed by atoms with van der Waals surface area (Å²) in [4.78, 5) is 11.1. The number of aromatic amines is 1. The molecule has 104 valence electrons. The summed E-state index contributed by atoms with van der Waals surface area (Å²) in [5.74, 6) is 0.846. The predicted octanol–water partition coefficient (Wildman–Crippen LogP) is 3.87. The Morgan fingerprint density at radius 3 is 3.10 bits per heavy atom. The van der Waals surface area contributed by atoms with Gasteiger partial charge in [-0.2, -0.15) is 5.10 Å². The fourth-order valence-corrected chi connectivity index (χ4v) is 3.27. The van der Waals surface area contributed by atoms with E-state index in [1.807, 2.05) is 18.3 Å². The van der Waals surface area contributed by atoms with Gasteiger partial charge in [-0.15, -0.1) is 11.3 Å². The minimum Gasteiger partial charge on any atom is -0.340 e. The Morgan fingerprint density at radius 2 is 2.19 bits per heavy atom. The minimum atomic E-state index is 0.846. The van der Waals surface area contributed by atoms with Crippen molar-refractivity contribution in [3.8, 4) is 0 Å². The van der Waals surface area contributed by atoms with E-state index in [-0.39, 0.29) is 0 Å². The van der Waals surface area contributed by atoms with Crippen molar-refractivity contribution in [3.05, 3.63) is 41.7 Å². The number of anilines is 2. The number of H-pyrrole nitrogens is 1. The quantitative estimate of drug-likeness (QED) is 0.602. The van der Waals surface area contributed by atoms with Crippen LogP contribution in [0.5, 0.6) is 0 Å². The zero-order chi connectivity index (χ0) is 14.2. The molecule has 0 spiro atoms. The molecule has 2 N–H and O–H groups in total. The van der Waals surface area contributed by atoms with E-state index in [1.165, 1.54) is 4.88 Å². The summed E-state index contributed by atoms with van der Waals surface area (Å²) in [5, 5.41) is 12.5. The number of hydrogen-bond acceptors (Lipinski definition) is 5. The van der Waals surface area contributed by atoms with Crippen LogP contribution in [0, 0.1) is 0 Å². The molecule has 4 aromatic rings. The number of fused-ring (bicyclic) bond motifs is 2. The second kappa shape index (κ2) is 4.82. The summed E-state index contributed by atoms with van der Waals surface area (Å²) in [7, 11) is 0. The Balaban J connectivity index is 1.77. The first-order valence-electron chi connectivity index (χ1n) is 6.77. The largest absolute Gasteiger partial charge is 0.340 e. The number of thiophene rings is 1. The molecule has 1 aromatic carbocycles. The van der Waals surface area contributed by atoms with Crippen LogP contribution in [0.15, 0.2) is 36.8 Å². The maximum Gasteiger partial charge on any atom is 0.142 e. The molecule has 0 unspecified atom stereocenters. The van der Waals surface area contributed by atoms with Crippen molar-refractivity contribution >= 4 is 44.0 Å². The van der Waals surface area contributed by atoms with Crippen molar-refractivity contribution in [1.82, 2.24) is 20.2 Å². The minimum absolute atomic E-state index is 0.846. The highest BCUT2D eigenvalue weighted by atomic mass is 32.1. The number of aryl methyl sites for hydroxylation is 1. The fourth-order valence-electron chi connectivity index (χ4n) is 2.34. The molecule has 5 nitrogen and oxygen atoms in total. The van der Waals surface area contributed by atoms with E-state index >= 15 is 0 Å². The second-order valence-corrected chi connectivity index (χ2v) is 5.92. The number of nitrogens with one attached hydrogen (secondary N) is 2. The van der Waals surface area contributed by atoms with Crippen molar-refractivity contribution in [2.75, 3.05) is 5.32 Å². The van der Waals surface area contributed by atoms with Crippen LogP contribution in [0.2, 0.25) is 0 Å². The van der Waals surface area contributed by atoms with E-state index in [0.29, 0.717) is 0 Å². The van der Waals surface area contributed by atoms with Gasteiger partial charge in [0.1, 0.15) is 17.0 Å². The Labute approximate surface area is 125 Å². The van der Waals surface area contributed by atoms with Crippen LogP contribution in [-0.4, -0.2) is 20.2 Å². The predicted molar refractivity (Wildman–Crippen MR) is 86.2 cm³/mol. The third-order valence-corrected chi connectivity index (χ3v) is 4.62. The standard InChI is InChI=1S/C15H13N5S/c1-2-11-6-12-14(16-8-17-15(12)21-11)19-10-3-4-13-9(5-10)7-18-20-13/h3-8H,2H2,1H3,(H,18,20)(H,16,17,19). The van der Waals surface area contributed by atoms with Gasteiger partial charge in [0.25, 0.3) is 0 Å². The van der Waals surface area contributed by atoms with Crippen LogP contribution in [0.1, 0.15) is 11.8 Å². The van der Waals surface area contributed by atoms with E-state index in [0.717, 1.165) is 39.0 Å². The average molecular weight is 295 g/mol. The van der Waals surface area contributed by atoms with E-state index in [4.69, 9.17) is 0 Å². The first kappa shape index (κ1) is 12.3. The molecule has 0 fully saturated rings. The van der Waals surface area contributed by atoms with Gasteiger partial charge in [0.2, 0.25) is 0 Å². The van der Waals surface area contributed by atoms with Crippen LogP contribution < -0.4 is 5.32 Å². The van der Waals surface area contributed by atoms with Crippen molar-refractivity contribution in [3.63, 3.8) is 0 Å². The maximum absolute atomic E-state index is 4.38. The number of nitrogens with zero attached hydrogens (tertiary/aromatic N) is 3. The number of rotatable bonds is 3. The topological polar surface area (TPSA) is 66.5 Å². The van der Waals surface area contributed by atoms with Gasteiger partial charge in [-0.1, -0.05) is 6.92 Å². The summed E-state index contributed by atoms with van der Waals surface area (Å²) in [6, 6.07) is 8.24. The van der Waals surface area contributed by atoms with Gasteiger partial charge in [0.15, 0.2) is 0 Å². The van der Waals surface area contributed by atoms with Crippen LogP contribution in [0.3, 0.4) is 0 Å². The van der Waals surface area contributed by atoms with Crippen molar-refractivity contribution < 1.29 is 0 Å². The van der Waals surface area contributed by atoms with Crippen molar-refractivity contribution in [2.24, 2.45) is 0 Å². The molecule has 6 heteroatoms. The van der Waals surface area contributed by atoms with Crippen LogP contribution in [0.25, 0.3) is 21.1 Å². The monoisotopic (exact) mass is 295 g/mol. The molecule has 0 aliphatic heterocycles. The summed E-state index contributed by atoms with van der Waals surface area (Å²) in [6.07, 6.45) is 4.44. The Kier molecular flexibility index (Phi) is 2.82. The molecule has 0 atom stereocenters. The smallest absolute Gasteiger partial charge is 0.142 e. The highest BCUT2D eigenvalue weighted by Crippen LogP contribution is 2.30. The van der Waals surface area contributed by atoms with Crippen LogP contribution in [0.4, 0.5) is 11.5 Å². The molecule has 0 saturated carbocycles. The second-order valence-electron chi connectivity index (χ2n) is 4.80. The summed E-state index contributed by atoms with van der Waals surface area (Å²) < 4.78 is 0.